The second-order valence-electron chi connectivity index (χ2n) is 5.79. The predicted octanol–water partition coefficient (Wildman–Crippen LogP) is 2.08. The van der Waals surface area contributed by atoms with E-state index in [0.29, 0.717) is 23.8 Å². The summed E-state index contributed by atoms with van der Waals surface area (Å²) in [6.45, 7) is 4.54. The molecule has 6 nitrogen and oxygen atoms in total. The normalized spacial score (nSPS) is 12.2. The number of nitrogens with zero attached hydrogens (tertiary/aromatic N) is 3. The first-order valence-electron chi connectivity index (χ1n) is 8.02. The monoisotopic (exact) mass is 315 g/mol. The van der Waals surface area contributed by atoms with Gasteiger partial charge >= 0.3 is 0 Å². The van der Waals surface area contributed by atoms with E-state index < -0.39 is 0 Å². The molecule has 0 spiro atoms. The first kappa shape index (κ1) is 17.1. The molecule has 0 aliphatic rings. The van der Waals surface area contributed by atoms with E-state index in [4.69, 9.17) is 5.73 Å². The smallest absolute Gasteiger partial charge is 0.258 e. The lowest BCUT2D eigenvalue weighted by atomic mass is 10.1. The number of unbranched alkanes of at least 4 members (excludes halogenated alkanes) is 1. The summed E-state index contributed by atoms with van der Waals surface area (Å²) in [5.41, 5.74) is 8.22. The molecule has 0 aliphatic heterocycles. The topological polar surface area (TPSA) is 85.8 Å². The van der Waals surface area contributed by atoms with Crippen LogP contribution in [-0.4, -0.2) is 27.1 Å². The van der Waals surface area contributed by atoms with Crippen molar-refractivity contribution in [2.24, 2.45) is 12.8 Å². The van der Waals surface area contributed by atoms with Crippen molar-refractivity contribution in [3.05, 3.63) is 40.4 Å². The first-order valence-corrected chi connectivity index (χ1v) is 8.02. The van der Waals surface area contributed by atoms with E-state index in [1.54, 1.807) is 26.4 Å². The molecular weight excluding hydrogens is 290 g/mol. The van der Waals surface area contributed by atoms with E-state index >= 15 is 0 Å². The van der Waals surface area contributed by atoms with Crippen LogP contribution in [0, 0.1) is 6.92 Å². The summed E-state index contributed by atoms with van der Waals surface area (Å²) >= 11 is 0. The maximum atomic E-state index is 12.4. The summed E-state index contributed by atoms with van der Waals surface area (Å²) < 4.78 is 1.53. The van der Waals surface area contributed by atoms with E-state index in [2.05, 4.69) is 22.2 Å². The molecule has 2 heterocycles. The molecule has 1 atom stereocenters. The van der Waals surface area contributed by atoms with Crippen molar-refractivity contribution in [1.29, 1.82) is 0 Å². The Hall–Kier alpha value is -2.21. The highest BCUT2D eigenvalue weighted by molar-refractivity contribution is 5.63. The SMILES string of the molecule is CCCC[C@H](N)CNc1nc(-c2ccncc2)c(C)c(=O)n1C. The lowest BCUT2D eigenvalue weighted by Gasteiger charge is -2.16. The number of aromatic nitrogens is 3. The summed E-state index contributed by atoms with van der Waals surface area (Å²) in [5, 5.41) is 3.21. The van der Waals surface area contributed by atoms with Crippen LogP contribution in [0.5, 0.6) is 0 Å². The van der Waals surface area contributed by atoms with E-state index in [-0.39, 0.29) is 11.6 Å². The van der Waals surface area contributed by atoms with Crippen LogP contribution in [0.25, 0.3) is 11.3 Å². The molecule has 23 heavy (non-hydrogen) atoms. The summed E-state index contributed by atoms with van der Waals surface area (Å²) in [4.78, 5) is 21.1. The average molecular weight is 315 g/mol. The maximum absolute atomic E-state index is 12.4. The van der Waals surface area contributed by atoms with Gasteiger partial charge in [0.2, 0.25) is 5.95 Å². The van der Waals surface area contributed by atoms with Gasteiger partial charge in [0.25, 0.3) is 5.56 Å². The summed E-state index contributed by atoms with van der Waals surface area (Å²) in [5.74, 6) is 0.541. The van der Waals surface area contributed by atoms with Crippen molar-refractivity contribution in [2.45, 2.75) is 39.2 Å². The molecule has 0 amide bonds. The molecule has 3 N–H and O–H groups in total. The van der Waals surface area contributed by atoms with Gasteiger partial charge in [-0.2, -0.15) is 0 Å². The molecule has 124 valence electrons. The van der Waals surface area contributed by atoms with E-state index in [1.165, 1.54) is 4.57 Å². The molecule has 2 aromatic heterocycles. The maximum Gasteiger partial charge on any atom is 0.258 e. The zero-order valence-corrected chi connectivity index (χ0v) is 14.0. The Bertz CT molecular complexity index is 696. The molecule has 0 saturated heterocycles. The molecule has 2 aromatic rings. The fourth-order valence-corrected chi connectivity index (χ4v) is 2.45. The second-order valence-corrected chi connectivity index (χ2v) is 5.79. The van der Waals surface area contributed by atoms with Gasteiger partial charge in [-0.15, -0.1) is 0 Å². The quantitative estimate of drug-likeness (QED) is 0.817. The van der Waals surface area contributed by atoms with Gasteiger partial charge in [-0.05, 0) is 25.5 Å². The summed E-state index contributed by atoms with van der Waals surface area (Å²) in [7, 11) is 1.72. The van der Waals surface area contributed by atoms with Crippen LogP contribution >= 0.6 is 0 Å². The fraction of sp³-hybridized carbons (Fsp3) is 0.471. The Balaban J connectivity index is 2.27. The number of nitrogens with two attached hydrogens (primary N) is 1. The second kappa shape index (κ2) is 7.87. The van der Waals surface area contributed by atoms with Crippen molar-refractivity contribution >= 4 is 5.95 Å². The highest BCUT2D eigenvalue weighted by atomic mass is 16.1. The predicted molar refractivity (Wildman–Crippen MR) is 93.4 cm³/mol. The average Bonchev–Trinajstić information content (AvgIpc) is 2.58. The number of anilines is 1. The minimum absolute atomic E-state index is 0.0533. The molecule has 0 fully saturated rings. The Morgan fingerprint density at radius 2 is 2.04 bits per heavy atom. The van der Waals surface area contributed by atoms with Crippen molar-refractivity contribution < 1.29 is 0 Å². The third-order valence-electron chi connectivity index (χ3n) is 3.92. The van der Waals surface area contributed by atoms with Gasteiger partial charge in [0.1, 0.15) is 0 Å². The largest absolute Gasteiger partial charge is 0.354 e. The van der Waals surface area contributed by atoms with Gasteiger partial charge in [0.05, 0.1) is 5.69 Å². The Kier molecular flexibility index (Phi) is 5.87. The molecule has 0 unspecified atom stereocenters. The zero-order valence-electron chi connectivity index (χ0n) is 14.0. The number of rotatable bonds is 7. The molecule has 6 heteroatoms. The van der Waals surface area contributed by atoms with Crippen molar-refractivity contribution in [3.8, 4) is 11.3 Å². The number of hydrogen-bond acceptors (Lipinski definition) is 5. The van der Waals surface area contributed by atoms with Gasteiger partial charge in [0, 0.05) is 43.2 Å². The van der Waals surface area contributed by atoms with Crippen LogP contribution in [-0.2, 0) is 7.05 Å². The standard InChI is InChI=1S/C17H25N5O/c1-4-5-6-14(18)11-20-17-21-15(12(2)16(23)22(17)3)13-7-9-19-10-8-13/h7-10,14H,4-6,11,18H2,1-3H3,(H,20,21)/t14-/m0/s1. The zero-order chi connectivity index (χ0) is 16.8. The molecule has 0 radical (unpaired) electrons. The summed E-state index contributed by atoms with van der Waals surface area (Å²) in [6.07, 6.45) is 6.58. The van der Waals surface area contributed by atoms with Crippen LogP contribution < -0.4 is 16.6 Å². The van der Waals surface area contributed by atoms with Gasteiger partial charge in [-0.3, -0.25) is 14.3 Å². The van der Waals surface area contributed by atoms with Gasteiger partial charge in [-0.25, -0.2) is 4.98 Å². The van der Waals surface area contributed by atoms with E-state index in [0.717, 1.165) is 24.8 Å². The number of hydrogen-bond donors (Lipinski definition) is 2. The van der Waals surface area contributed by atoms with Crippen LogP contribution in [0.1, 0.15) is 31.7 Å². The van der Waals surface area contributed by atoms with E-state index in [1.807, 2.05) is 12.1 Å². The van der Waals surface area contributed by atoms with Crippen LogP contribution in [0.4, 0.5) is 5.95 Å². The highest BCUT2D eigenvalue weighted by Gasteiger charge is 2.13. The first-order chi connectivity index (χ1) is 11.0. The molecule has 0 aromatic carbocycles. The highest BCUT2D eigenvalue weighted by Crippen LogP contribution is 2.19. The molecule has 2 rings (SSSR count). The molecular formula is C17H25N5O. The minimum atomic E-state index is -0.0589. The van der Waals surface area contributed by atoms with Crippen molar-refractivity contribution in [2.75, 3.05) is 11.9 Å². The van der Waals surface area contributed by atoms with Crippen molar-refractivity contribution in [1.82, 2.24) is 14.5 Å². The summed E-state index contributed by atoms with van der Waals surface area (Å²) in [6, 6.07) is 3.76. The molecule has 0 bridgehead atoms. The fourth-order valence-electron chi connectivity index (χ4n) is 2.45. The Morgan fingerprint density at radius 1 is 1.35 bits per heavy atom. The third-order valence-corrected chi connectivity index (χ3v) is 3.92. The third kappa shape index (κ3) is 4.16. The molecule has 0 saturated carbocycles. The number of pyridine rings is 1. The van der Waals surface area contributed by atoms with Crippen LogP contribution in [0.3, 0.4) is 0 Å². The van der Waals surface area contributed by atoms with Gasteiger partial charge < -0.3 is 11.1 Å². The lowest BCUT2D eigenvalue weighted by Crippen LogP contribution is -2.32. The number of nitrogens with one attached hydrogen (secondary N) is 1. The lowest BCUT2D eigenvalue weighted by molar-refractivity contribution is 0.592. The molecule has 0 aliphatic carbocycles. The van der Waals surface area contributed by atoms with Crippen LogP contribution in [0.2, 0.25) is 0 Å². The minimum Gasteiger partial charge on any atom is -0.354 e. The van der Waals surface area contributed by atoms with E-state index in [9.17, 15) is 4.79 Å². The Labute approximate surface area is 136 Å². The van der Waals surface area contributed by atoms with Crippen molar-refractivity contribution in [3.63, 3.8) is 0 Å². The van der Waals surface area contributed by atoms with Crippen LogP contribution in [0.15, 0.2) is 29.3 Å². The van der Waals surface area contributed by atoms with Gasteiger partial charge in [0.15, 0.2) is 0 Å². The van der Waals surface area contributed by atoms with Gasteiger partial charge in [-0.1, -0.05) is 19.8 Å². The Morgan fingerprint density at radius 3 is 2.70 bits per heavy atom.